The molecule has 0 heterocycles. The monoisotopic (exact) mass is 217 g/mol. The summed E-state index contributed by atoms with van der Waals surface area (Å²) in [5.41, 5.74) is 4.22. The molecular weight excluding hydrogens is 192 g/mol. The fourth-order valence-electron chi connectivity index (χ4n) is 1.51. The SMILES string of the molecule is [C]CC=C(C)CCC=C(C)CCC=C(C)C. The van der Waals surface area contributed by atoms with Gasteiger partial charge in [-0.25, -0.2) is 0 Å². The molecule has 0 fully saturated rings. The van der Waals surface area contributed by atoms with Gasteiger partial charge in [-0.1, -0.05) is 34.9 Å². The van der Waals surface area contributed by atoms with Gasteiger partial charge in [-0.3, -0.25) is 0 Å². The summed E-state index contributed by atoms with van der Waals surface area (Å²) < 4.78 is 0. The van der Waals surface area contributed by atoms with E-state index in [-0.39, 0.29) is 0 Å². The molecular formula is C16H25. The highest BCUT2D eigenvalue weighted by atomic mass is 14.0. The zero-order valence-corrected chi connectivity index (χ0v) is 11.3. The second-order valence-corrected chi connectivity index (χ2v) is 4.66. The van der Waals surface area contributed by atoms with Crippen molar-refractivity contribution in [2.75, 3.05) is 0 Å². The van der Waals surface area contributed by atoms with Crippen molar-refractivity contribution in [2.45, 2.75) is 59.8 Å². The highest BCUT2D eigenvalue weighted by Gasteiger charge is 1.91. The minimum absolute atomic E-state index is 0.412. The molecule has 0 aliphatic carbocycles. The van der Waals surface area contributed by atoms with Crippen molar-refractivity contribution in [3.05, 3.63) is 41.9 Å². The van der Waals surface area contributed by atoms with E-state index in [1.54, 1.807) is 0 Å². The van der Waals surface area contributed by atoms with Gasteiger partial charge in [-0.05, 0) is 66.7 Å². The largest absolute Gasteiger partial charge is 0.0856 e. The Morgan fingerprint density at radius 2 is 1.31 bits per heavy atom. The first-order valence-corrected chi connectivity index (χ1v) is 6.15. The summed E-state index contributed by atoms with van der Waals surface area (Å²) in [6.45, 7) is 15.7. The van der Waals surface area contributed by atoms with Crippen LogP contribution in [-0.2, 0) is 0 Å². The Balaban J connectivity index is 3.79. The predicted molar refractivity (Wildman–Crippen MR) is 73.3 cm³/mol. The van der Waals surface area contributed by atoms with Crippen molar-refractivity contribution in [2.24, 2.45) is 0 Å². The van der Waals surface area contributed by atoms with Crippen LogP contribution in [0.4, 0.5) is 0 Å². The molecule has 0 aromatic heterocycles. The standard InChI is InChI=1S/C16H25/c1-6-9-15(4)12-8-13-16(5)11-7-10-14(2)3/h9-10,13H,6-8,11-12H2,2-5H3. The summed E-state index contributed by atoms with van der Waals surface area (Å²) in [4.78, 5) is 0. The highest BCUT2D eigenvalue weighted by molar-refractivity contribution is 5.05. The van der Waals surface area contributed by atoms with Crippen LogP contribution in [0.25, 0.3) is 0 Å². The van der Waals surface area contributed by atoms with Crippen LogP contribution < -0.4 is 0 Å². The van der Waals surface area contributed by atoms with Crippen molar-refractivity contribution in [1.82, 2.24) is 0 Å². The number of hydrogen-bond donors (Lipinski definition) is 0. The molecule has 0 amide bonds. The quantitative estimate of drug-likeness (QED) is 0.502. The lowest BCUT2D eigenvalue weighted by Gasteiger charge is -2.00. The Morgan fingerprint density at radius 1 is 0.812 bits per heavy atom. The lowest BCUT2D eigenvalue weighted by Crippen LogP contribution is -1.80. The van der Waals surface area contributed by atoms with Gasteiger partial charge in [0, 0.05) is 0 Å². The van der Waals surface area contributed by atoms with Gasteiger partial charge < -0.3 is 0 Å². The van der Waals surface area contributed by atoms with Crippen LogP contribution in [0, 0.1) is 6.92 Å². The van der Waals surface area contributed by atoms with Crippen molar-refractivity contribution in [3.63, 3.8) is 0 Å². The summed E-state index contributed by atoms with van der Waals surface area (Å²) in [7, 11) is 0. The van der Waals surface area contributed by atoms with Crippen LogP contribution >= 0.6 is 0 Å². The summed E-state index contributed by atoms with van der Waals surface area (Å²) >= 11 is 0. The third kappa shape index (κ3) is 9.76. The van der Waals surface area contributed by atoms with E-state index < -0.39 is 0 Å². The highest BCUT2D eigenvalue weighted by Crippen LogP contribution is 2.11. The van der Waals surface area contributed by atoms with Crippen molar-refractivity contribution < 1.29 is 0 Å². The predicted octanol–water partition coefficient (Wildman–Crippen LogP) is 5.38. The molecule has 3 radical (unpaired) electrons. The Morgan fingerprint density at radius 3 is 1.81 bits per heavy atom. The third-order valence-corrected chi connectivity index (χ3v) is 2.57. The van der Waals surface area contributed by atoms with E-state index in [9.17, 15) is 0 Å². The molecule has 0 spiro atoms. The molecule has 0 saturated heterocycles. The van der Waals surface area contributed by atoms with Crippen LogP contribution in [-0.4, -0.2) is 0 Å². The van der Waals surface area contributed by atoms with Crippen LogP contribution in [0.5, 0.6) is 0 Å². The summed E-state index contributed by atoms with van der Waals surface area (Å²) in [5, 5.41) is 0. The zero-order valence-electron chi connectivity index (χ0n) is 11.3. The topological polar surface area (TPSA) is 0 Å². The van der Waals surface area contributed by atoms with Gasteiger partial charge in [0.25, 0.3) is 0 Å². The first-order chi connectivity index (χ1) is 7.56. The van der Waals surface area contributed by atoms with Gasteiger partial charge in [0.1, 0.15) is 0 Å². The van der Waals surface area contributed by atoms with Gasteiger partial charge in [0.15, 0.2) is 0 Å². The molecule has 0 aliphatic rings. The van der Waals surface area contributed by atoms with Gasteiger partial charge in [-0.15, -0.1) is 0 Å². The van der Waals surface area contributed by atoms with Gasteiger partial charge in [0.05, 0.1) is 0 Å². The minimum atomic E-state index is 0.412. The third-order valence-electron chi connectivity index (χ3n) is 2.57. The van der Waals surface area contributed by atoms with Gasteiger partial charge in [-0.2, -0.15) is 0 Å². The molecule has 16 heavy (non-hydrogen) atoms. The van der Waals surface area contributed by atoms with E-state index in [4.69, 9.17) is 6.92 Å². The molecule has 0 aromatic rings. The Hall–Kier alpha value is -0.780. The molecule has 0 atom stereocenters. The molecule has 0 heteroatoms. The molecule has 0 unspecified atom stereocenters. The normalized spacial score (nSPS) is 12.8. The summed E-state index contributed by atoms with van der Waals surface area (Å²) in [5.74, 6) is 0. The van der Waals surface area contributed by atoms with Crippen LogP contribution in [0.3, 0.4) is 0 Å². The maximum Gasteiger partial charge on any atom is -0.00495 e. The van der Waals surface area contributed by atoms with E-state index in [0.717, 1.165) is 19.3 Å². The first kappa shape index (κ1) is 15.2. The fourth-order valence-corrected chi connectivity index (χ4v) is 1.51. The molecule has 0 nitrogen and oxygen atoms in total. The minimum Gasteiger partial charge on any atom is -0.0856 e. The Kier molecular flexibility index (Phi) is 8.99. The number of allylic oxidation sites excluding steroid dienone is 6. The second-order valence-electron chi connectivity index (χ2n) is 4.66. The molecule has 0 saturated carbocycles. The molecule has 0 rings (SSSR count). The maximum absolute atomic E-state index is 7.09. The Labute approximate surface area is 102 Å². The number of rotatable bonds is 7. The first-order valence-electron chi connectivity index (χ1n) is 6.15. The van der Waals surface area contributed by atoms with Gasteiger partial charge in [0.2, 0.25) is 0 Å². The molecule has 89 valence electrons. The average Bonchev–Trinajstić information content (AvgIpc) is 2.17. The van der Waals surface area contributed by atoms with Crippen LogP contribution in [0.15, 0.2) is 34.9 Å². The van der Waals surface area contributed by atoms with E-state index in [1.807, 2.05) is 6.08 Å². The number of hydrogen-bond acceptors (Lipinski definition) is 0. The average molecular weight is 217 g/mol. The second kappa shape index (κ2) is 9.45. The lowest BCUT2D eigenvalue weighted by molar-refractivity contribution is 0.915. The smallest absolute Gasteiger partial charge is 0.00495 e. The van der Waals surface area contributed by atoms with E-state index >= 15 is 0 Å². The Bertz CT molecular complexity index is 260. The lowest BCUT2D eigenvalue weighted by atomic mass is 10.1. The van der Waals surface area contributed by atoms with Gasteiger partial charge >= 0.3 is 0 Å². The maximum atomic E-state index is 7.09. The zero-order chi connectivity index (χ0) is 12.4. The summed E-state index contributed by atoms with van der Waals surface area (Å²) in [6.07, 6.45) is 11.6. The van der Waals surface area contributed by atoms with Crippen molar-refractivity contribution >= 4 is 0 Å². The van der Waals surface area contributed by atoms with Crippen LogP contribution in [0.2, 0.25) is 0 Å². The van der Waals surface area contributed by atoms with E-state index in [2.05, 4.69) is 39.8 Å². The van der Waals surface area contributed by atoms with Crippen molar-refractivity contribution in [3.8, 4) is 0 Å². The molecule has 0 aromatic carbocycles. The van der Waals surface area contributed by atoms with E-state index in [1.165, 1.54) is 23.1 Å². The van der Waals surface area contributed by atoms with Crippen LogP contribution in [0.1, 0.15) is 59.8 Å². The molecule has 0 N–H and O–H groups in total. The van der Waals surface area contributed by atoms with Crippen molar-refractivity contribution in [1.29, 1.82) is 0 Å². The van der Waals surface area contributed by atoms with E-state index in [0.29, 0.717) is 6.42 Å². The fraction of sp³-hybridized carbons (Fsp3) is 0.562. The summed E-state index contributed by atoms with van der Waals surface area (Å²) in [6, 6.07) is 0. The molecule has 0 bridgehead atoms. The molecule has 0 aliphatic heterocycles.